The molecule has 0 spiro atoms. The molecule has 0 fully saturated rings. The van der Waals surface area contributed by atoms with Crippen LogP contribution in [-0.2, 0) is 11.9 Å². The molecule has 0 radical (unpaired) electrons. The molecule has 0 saturated heterocycles. The van der Waals surface area contributed by atoms with Crippen LogP contribution in [-0.4, -0.2) is 9.78 Å². The van der Waals surface area contributed by atoms with Crippen LogP contribution < -0.4 is 5.56 Å². The van der Waals surface area contributed by atoms with Crippen LogP contribution in [0.4, 0.5) is 0 Å². The molecule has 0 N–H and O–H groups in total. The van der Waals surface area contributed by atoms with Gasteiger partial charge < -0.3 is 0 Å². The quantitative estimate of drug-likeness (QED) is 0.777. The summed E-state index contributed by atoms with van der Waals surface area (Å²) in [4.78, 5) is 11.7. The minimum atomic E-state index is 0.0286. The van der Waals surface area contributed by atoms with E-state index in [4.69, 9.17) is 0 Å². The number of nitrogens with zero attached hydrogens (tertiary/aromatic N) is 2. The normalized spacial score (nSPS) is 10.5. The maximum Gasteiger partial charge on any atom is 0.270 e. The van der Waals surface area contributed by atoms with E-state index in [0.717, 1.165) is 30.6 Å². The Morgan fingerprint density at radius 3 is 2.86 bits per heavy atom. The van der Waals surface area contributed by atoms with E-state index in [1.807, 2.05) is 13.0 Å². The number of halogens is 1. The van der Waals surface area contributed by atoms with Crippen molar-refractivity contribution in [1.29, 1.82) is 0 Å². The molecule has 4 heteroatoms. The zero-order valence-electron chi connectivity index (χ0n) is 8.59. The van der Waals surface area contributed by atoms with Gasteiger partial charge >= 0.3 is 0 Å². The largest absolute Gasteiger partial charge is 0.270 e. The molecule has 0 aromatic carbocycles. The predicted octanol–water partition coefficient (Wildman–Crippen LogP) is 2.25. The fourth-order valence-corrected chi connectivity index (χ4v) is 1.70. The molecule has 1 rings (SSSR count). The van der Waals surface area contributed by atoms with Crippen molar-refractivity contribution in [3.05, 3.63) is 27.7 Å². The van der Waals surface area contributed by atoms with Gasteiger partial charge in [-0.3, -0.25) is 4.79 Å². The molecule has 14 heavy (non-hydrogen) atoms. The number of rotatable bonds is 4. The van der Waals surface area contributed by atoms with Gasteiger partial charge in [0, 0.05) is 17.4 Å². The molecule has 0 aliphatic rings. The van der Waals surface area contributed by atoms with Crippen molar-refractivity contribution in [2.24, 2.45) is 0 Å². The Balaban J connectivity index is 3.03. The van der Waals surface area contributed by atoms with Crippen LogP contribution in [0.25, 0.3) is 0 Å². The summed E-state index contributed by atoms with van der Waals surface area (Å²) in [6.45, 7) is 4.73. The van der Waals surface area contributed by atoms with Gasteiger partial charge in [0.15, 0.2) is 0 Å². The SMILES string of the molecule is CCCCn1nc(C)cc(CBr)c1=O. The molecule has 0 saturated carbocycles. The molecule has 1 aromatic heterocycles. The first-order valence-corrected chi connectivity index (χ1v) is 5.94. The Hall–Kier alpha value is -0.640. The second-order valence-corrected chi connectivity index (χ2v) is 3.89. The van der Waals surface area contributed by atoms with Crippen LogP contribution in [0.5, 0.6) is 0 Å². The summed E-state index contributed by atoms with van der Waals surface area (Å²) in [5, 5.41) is 4.80. The Morgan fingerprint density at radius 2 is 2.29 bits per heavy atom. The van der Waals surface area contributed by atoms with Crippen molar-refractivity contribution in [2.45, 2.75) is 38.6 Å². The summed E-state index contributed by atoms with van der Waals surface area (Å²) in [6, 6.07) is 1.83. The zero-order valence-corrected chi connectivity index (χ0v) is 10.2. The number of aromatic nitrogens is 2. The van der Waals surface area contributed by atoms with E-state index in [1.165, 1.54) is 0 Å². The lowest BCUT2D eigenvalue weighted by Gasteiger charge is -2.06. The lowest BCUT2D eigenvalue weighted by atomic mass is 10.3. The van der Waals surface area contributed by atoms with Crippen LogP contribution in [0.3, 0.4) is 0 Å². The number of unbranched alkanes of at least 4 members (excludes halogenated alkanes) is 1. The average molecular weight is 259 g/mol. The van der Waals surface area contributed by atoms with E-state index < -0.39 is 0 Å². The highest BCUT2D eigenvalue weighted by Gasteiger charge is 2.04. The summed E-state index contributed by atoms with van der Waals surface area (Å²) < 4.78 is 1.56. The molecule has 0 unspecified atom stereocenters. The van der Waals surface area contributed by atoms with Gasteiger partial charge in [0.25, 0.3) is 5.56 Å². The van der Waals surface area contributed by atoms with Crippen molar-refractivity contribution in [2.75, 3.05) is 0 Å². The number of alkyl halides is 1. The molecule has 1 aromatic rings. The monoisotopic (exact) mass is 258 g/mol. The van der Waals surface area contributed by atoms with Gasteiger partial charge in [-0.1, -0.05) is 29.3 Å². The van der Waals surface area contributed by atoms with Gasteiger partial charge in [-0.15, -0.1) is 0 Å². The fourth-order valence-electron chi connectivity index (χ4n) is 1.30. The summed E-state index contributed by atoms with van der Waals surface area (Å²) in [5.74, 6) is 0. The highest BCUT2D eigenvalue weighted by atomic mass is 79.9. The smallest absolute Gasteiger partial charge is 0.267 e. The van der Waals surface area contributed by atoms with Gasteiger partial charge in [0.05, 0.1) is 5.69 Å². The van der Waals surface area contributed by atoms with Crippen LogP contribution in [0.15, 0.2) is 10.9 Å². The third-order valence-corrected chi connectivity index (χ3v) is 2.64. The average Bonchev–Trinajstić information content (AvgIpc) is 2.18. The Kier molecular flexibility index (Phi) is 4.32. The molecule has 0 amide bonds. The number of hydrogen-bond acceptors (Lipinski definition) is 2. The van der Waals surface area contributed by atoms with Gasteiger partial charge in [0.2, 0.25) is 0 Å². The first-order valence-electron chi connectivity index (χ1n) is 4.82. The molecular formula is C10H15BrN2O. The van der Waals surface area contributed by atoms with Crippen molar-refractivity contribution in [3.63, 3.8) is 0 Å². The molecule has 0 aliphatic carbocycles. The van der Waals surface area contributed by atoms with Gasteiger partial charge in [-0.05, 0) is 19.4 Å². The van der Waals surface area contributed by atoms with Crippen molar-refractivity contribution < 1.29 is 0 Å². The van der Waals surface area contributed by atoms with Crippen molar-refractivity contribution in [3.8, 4) is 0 Å². The highest BCUT2D eigenvalue weighted by molar-refractivity contribution is 9.08. The predicted molar refractivity (Wildman–Crippen MR) is 60.8 cm³/mol. The number of aryl methyl sites for hydroxylation is 2. The van der Waals surface area contributed by atoms with E-state index in [2.05, 4.69) is 28.0 Å². The molecule has 78 valence electrons. The van der Waals surface area contributed by atoms with E-state index in [-0.39, 0.29) is 5.56 Å². The molecule has 1 heterocycles. The van der Waals surface area contributed by atoms with Gasteiger partial charge in [0.1, 0.15) is 0 Å². The van der Waals surface area contributed by atoms with E-state index in [1.54, 1.807) is 4.68 Å². The molecule has 0 bridgehead atoms. The van der Waals surface area contributed by atoms with E-state index in [9.17, 15) is 4.79 Å². The van der Waals surface area contributed by atoms with Crippen LogP contribution in [0, 0.1) is 6.92 Å². The number of hydrogen-bond donors (Lipinski definition) is 0. The second-order valence-electron chi connectivity index (χ2n) is 3.33. The van der Waals surface area contributed by atoms with Crippen molar-refractivity contribution in [1.82, 2.24) is 9.78 Å². The van der Waals surface area contributed by atoms with Crippen LogP contribution in [0.2, 0.25) is 0 Å². The maximum absolute atomic E-state index is 11.7. The molecule has 3 nitrogen and oxygen atoms in total. The summed E-state index contributed by atoms with van der Waals surface area (Å²) in [5.41, 5.74) is 1.71. The third-order valence-electron chi connectivity index (χ3n) is 2.04. The summed E-state index contributed by atoms with van der Waals surface area (Å²) in [6.07, 6.45) is 2.07. The summed E-state index contributed by atoms with van der Waals surface area (Å²) >= 11 is 3.30. The maximum atomic E-state index is 11.7. The Labute approximate surface area is 92.3 Å². The lowest BCUT2D eigenvalue weighted by molar-refractivity contribution is 0.534. The first kappa shape index (κ1) is 11.4. The topological polar surface area (TPSA) is 34.9 Å². The third kappa shape index (κ3) is 2.67. The minimum Gasteiger partial charge on any atom is -0.267 e. The van der Waals surface area contributed by atoms with Crippen molar-refractivity contribution >= 4 is 15.9 Å². The fraction of sp³-hybridized carbons (Fsp3) is 0.600. The lowest BCUT2D eigenvalue weighted by Crippen LogP contribution is -2.26. The highest BCUT2D eigenvalue weighted by Crippen LogP contribution is 2.01. The van der Waals surface area contributed by atoms with Gasteiger partial charge in [-0.2, -0.15) is 5.10 Å². The first-order chi connectivity index (χ1) is 6.69. The summed E-state index contributed by atoms with van der Waals surface area (Å²) in [7, 11) is 0. The standard InChI is InChI=1S/C10H15BrN2O/c1-3-4-5-13-10(14)9(7-11)6-8(2)12-13/h6H,3-5,7H2,1-2H3. The minimum absolute atomic E-state index is 0.0286. The van der Waals surface area contributed by atoms with Crippen LogP contribution in [0.1, 0.15) is 31.0 Å². The van der Waals surface area contributed by atoms with Crippen LogP contribution >= 0.6 is 15.9 Å². The molecule has 0 aliphatic heterocycles. The van der Waals surface area contributed by atoms with E-state index >= 15 is 0 Å². The Bertz CT molecular complexity index is 360. The molecular weight excluding hydrogens is 244 g/mol. The van der Waals surface area contributed by atoms with E-state index in [0.29, 0.717) is 5.33 Å². The Morgan fingerprint density at radius 1 is 1.57 bits per heavy atom. The van der Waals surface area contributed by atoms with Gasteiger partial charge in [-0.25, -0.2) is 4.68 Å². The zero-order chi connectivity index (χ0) is 10.6. The second kappa shape index (κ2) is 5.29. The molecule has 0 atom stereocenters.